The van der Waals surface area contributed by atoms with Crippen LogP contribution in [0.2, 0.25) is 0 Å². The molecule has 0 aliphatic heterocycles. The van der Waals surface area contributed by atoms with Crippen LogP contribution in [0, 0.1) is 0 Å². The fourth-order valence-corrected chi connectivity index (χ4v) is 2.81. The average Bonchev–Trinajstić information content (AvgIpc) is 2.85. The maximum atomic E-state index is 13.4. The van der Waals surface area contributed by atoms with E-state index in [9.17, 15) is 9.50 Å². The third-order valence-corrected chi connectivity index (χ3v) is 3.74. The number of hydrogen-bond donors (Lipinski definition) is 2. The molecule has 2 unspecified atom stereocenters. The van der Waals surface area contributed by atoms with Crippen molar-refractivity contribution in [1.82, 2.24) is 5.32 Å². The van der Waals surface area contributed by atoms with E-state index in [1.165, 1.54) is 6.26 Å². The van der Waals surface area contributed by atoms with Gasteiger partial charge in [0.2, 0.25) is 0 Å². The number of furan rings is 1. The van der Waals surface area contributed by atoms with Gasteiger partial charge in [0, 0.05) is 5.39 Å². The Kier molecular flexibility index (Phi) is 4.36. The molecule has 2 atom stereocenters. The first kappa shape index (κ1) is 14.6. The van der Waals surface area contributed by atoms with E-state index in [-0.39, 0.29) is 0 Å². The maximum Gasteiger partial charge on any atom is 0.136 e. The van der Waals surface area contributed by atoms with Crippen LogP contribution in [-0.4, -0.2) is 29.7 Å². The van der Waals surface area contributed by atoms with E-state index in [1.54, 1.807) is 31.3 Å². The molecule has 0 saturated heterocycles. The molecule has 1 aromatic carbocycles. The number of halogens is 3. The predicted octanol–water partition coefficient (Wildman–Crippen LogP) is 2.98. The minimum atomic E-state index is -1.82. The monoisotopic (exact) mass is 305 g/mol. The molecule has 0 amide bonds. The third kappa shape index (κ3) is 2.58. The number of rotatable bonds is 5. The lowest BCUT2D eigenvalue weighted by Crippen LogP contribution is -2.52. The van der Waals surface area contributed by atoms with Gasteiger partial charge in [0.25, 0.3) is 0 Å². The summed E-state index contributed by atoms with van der Waals surface area (Å²) in [6.45, 7) is -1.01. The Hall–Kier alpha value is -0.810. The molecular formula is C13H14Cl2FNO2. The summed E-state index contributed by atoms with van der Waals surface area (Å²) in [7, 11) is 1.56. The van der Waals surface area contributed by atoms with Crippen molar-refractivity contribution in [1.29, 1.82) is 0 Å². The summed E-state index contributed by atoms with van der Waals surface area (Å²) in [5, 5.41) is 14.2. The average molecular weight is 306 g/mol. The first-order chi connectivity index (χ1) is 9.02. The standard InChI is InChI=1S/C13H14Cl2FNO2/c1-17-11(12(14)15)13(18,7-16)9-3-2-8-4-5-19-10(8)6-9/h2-6,11-12,17-18H,7H2,1H3. The van der Waals surface area contributed by atoms with E-state index in [0.717, 1.165) is 5.39 Å². The van der Waals surface area contributed by atoms with Crippen molar-refractivity contribution in [3.8, 4) is 0 Å². The van der Waals surface area contributed by atoms with Gasteiger partial charge in [-0.15, -0.1) is 23.2 Å². The normalized spacial score (nSPS) is 16.7. The fourth-order valence-electron chi connectivity index (χ4n) is 2.14. The van der Waals surface area contributed by atoms with E-state index in [2.05, 4.69) is 5.32 Å². The Morgan fingerprint density at radius 1 is 1.42 bits per heavy atom. The topological polar surface area (TPSA) is 45.4 Å². The lowest BCUT2D eigenvalue weighted by atomic mass is 9.88. The molecule has 19 heavy (non-hydrogen) atoms. The van der Waals surface area contributed by atoms with Crippen LogP contribution >= 0.6 is 23.2 Å². The van der Waals surface area contributed by atoms with Crippen molar-refractivity contribution in [3.05, 3.63) is 36.1 Å². The molecule has 6 heteroatoms. The summed E-state index contributed by atoms with van der Waals surface area (Å²) in [6.07, 6.45) is 1.53. The zero-order chi connectivity index (χ0) is 14.0. The molecule has 1 heterocycles. The molecule has 0 aliphatic carbocycles. The summed E-state index contributed by atoms with van der Waals surface area (Å²) in [4.78, 5) is -0.960. The van der Waals surface area contributed by atoms with Gasteiger partial charge in [-0.25, -0.2) is 4.39 Å². The minimum Gasteiger partial charge on any atom is -0.464 e. The minimum absolute atomic E-state index is 0.364. The van der Waals surface area contributed by atoms with Crippen LogP contribution in [0.1, 0.15) is 5.56 Å². The second-order valence-corrected chi connectivity index (χ2v) is 5.50. The van der Waals surface area contributed by atoms with Gasteiger partial charge in [-0.1, -0.05) is 12.1 Å². The SMILES string of the molecule is CNC(C(Cl)Cl)C(O)(CF)c1ccc2ccoc2c1. The fraction of sp³-hybridized carbons (Fsp3) is 0.385. The summed E-state index contributed by atoms with van der Waals surface area (Å²) < 4.78 is 18.7. The Balaban J connectivity index is 2.49. The van der Waals surface area contributed by atoms with Gasteiger partial charge in [-0.05, 0) is 24.7 Å². The van der Waals surface area contributed by atoms with Gasteiger partial charge in [0.15, 0.2) is 0 Å². The lowest BCUT2D eigenvalue weighted by molar-refractivity contribution is -0.0189. The summed E-state index contributed by atoms with van der Waals surface area (Å²) in [5.41, 5.74) is -0.882. The van der Waals surface area contributed by atoms with Crippen LogP contribution in [0.5, 0.6) is 0 Å². The van der Waals surface area contributed by atoms with E-state index >= 15 is 0 Å². The van der Waals surface area contributed by atoms with Crippen LogP contribution in [0.4, 0.5) is 4.39 Å². The number of hydrogen-bond acceptors (Lipinski definition) is 3. The highest BCUT2D eigenvalue weighted by Crippen LogP contribution is 2.32. The highest BCUT2D eigenvalue weighted by atomic mass is 35.5. The third-order valence-electron chi connectivity index (χ3n) is 3.24. The number of likely N-dealkylation sites (N-methyl/N-ethyl adjacent to an activating group) is 1. The number of aliphatic hydroxyl groups is 1. The molecule has 104 valence electrons. The smallest absolute Gasteiger partial charge is 0.136 e. The van der Waals surface area contributed by atoms with Gasteiger partial charge in [-0.2, -0.15) is 0 Å². The molecule has 0 bridgehead atoms. The molecule has 0 spiro atoms. The van der Waals surface area contributed by atoms with Crippen LogP contribution < -0.4 is 5.32 Å². The van der Waals surface area contributed by atoms with Crippen molar-refractivity contribution in [2.75, 3.05) is 13.7 Å². The highest BCUT2D eigenvalue weighted by Gasteiger charge is 2.41. The second-order valence-electron chi connectivity index (χ2n) is 4.33. The zero-order valence-electron chi connectivity index (χ0n) is 10.2. The Labute approximate surface area is 120 Å². The first-order valence-corrected chi connectivity index (χ1v) is 6.61. The Bertz CT molecular complexity index is 560. The van der Waals surface area contributed by atoms with Crippen molar-refractivity contribution >= 4 is 34.2 Å². The summed E-state index contributed by atoms with van der Waals surface area (Å²) in [6, 6.07) is 5.93. The Morgan fingerprint density at radius 3 is 2.74 bits per heavy atom. The quantitative estimate of drug-likeness (QED) is 0.835. The van der Waals surface area contributed by atoms with Crippen molar-refractivity contribution < 1.29 is 13.9 Å². The van der Waals surface area contributed by atoms with Crippen LogP contribution in [0.15, 0.2) is 34.9 Å². The van der Waals surface area contributed by atoms with Gasteiger partial charge in [-0.3, -0.25) is 0 Å². The second kappa shape index (κ2) is 5.67. The molecule has 3 nitrogen and oxygen atoms in total. The van der Waals surface area contributed by atoms with Gasteiger partial charge in [0.1, 0.15) is 22.7 Å². The van der Waals surface area contributed by atoms with Crippen molar-refractivity contribution in [3.63, 3.8) is 0 Å². The van der Waals surface area contributed by atoms with E-state index < -0.39 is 23.2 Å². The molecule has 1 aromatic heterocycles. The molecule has 2 rings (SSSR count). The molecule has 0 fully saturated rings. The van der Waals surface area contributed by atoms with Crippen LogP contribution in [-0.2, 0) is 5.60 Å². The molecule has 0 radical (unpaired) electrons. The zero-order valence-corrected chi connectivity index (χ0v) is 11.7. The van der Waals surface area contributed by atoms with Crippen LogP contribution in [0.3, 0.4) is 0 Å². The van der Waals surface area contributed by atoms with E-state index in [0.29, 0.717) is 11.1 Å². The number of fused-ring (bicyclic) bond motifs is 1. The first-order valence-electron chi connectivity index (χ1n) is 5.74. The molecule has 0 aliphatic rings. The Morgan fingerprint density at radius 2 is 2.16 bits per heavy atom. The molecule has 0 saturated carbocycles. The summed E-state index contributed by atoms with van der Waals surface area (Å²) >= 11 is 11.6. The van der Waals surface area contributed by atoms with Crippen molar-refractivity contribution in [2.24, 2.45) is 0 Å². The van der Waals surface area contributed by atoms with Crippen LogP contribution in [0.25, 0.3) is 11.0 Å². The number of alkyl halides is 3. The molecule has 2 aromatic rings. The molecule has 2 N–H and O–H groups in total. The number of nitrogens with one attached hydrogen (secondary N) is 1. The highest BCUT2D eigenvalue weighted by molar-refractivity contribution is 6.44. The number of benzene rings is 1. The lowest BCUT2D eigenvalue weighted by Gasteiger charge is -2.35. The summed E-state index contributed by atoms with van der Waals surface area (Å²) in [5.74, 6) is 0. The maximum absolute atomic E-state index is 13.4. The predicted molar refractivity (Wildman–Crippen MR) is 74.4 cm³/mol. The van der Waals surface area contributed by atoms with Gasteiger partial charge in [0.05, 0.1) is 12.3 Å². The van der Waals surface area contributed by atoms with Gasteiger partial charge < -0.3 is 14.8 Å². The molecular weight excluding hydrogens is 292 g/mol. The van der Waals surface area contributed by atoms with Crippen molar-refractivity contribution in [2.45, 2.75) is 16.5 Å². The van der Waals surface area contributed by atoms with E-state index in [4.69, 9.17) is 27.6 Å². The largest absolute Gasteiger partial charge is 0.464 e. The van der Waals surface area contributed by atoms with Gasteiger partial charge >= 0.3 is 0 Å². The van der Waals surface area contributed by atoms with E-state index in [1.807, 2.05) is 0 Å².